The number of alkyl halides is 3. The highest BCUT2D eigenvalue weighted by atomic mass is 35.5. The molecule has 8 heteroatoms. The number of nitrogens with zero attached hydrogens (tertiary/aromatic N) is 1. The predicted molar refractivity (Wildman–Crippen MR) is 73.1 cm³/mol. The molecule has 2 rings (SSSR count). The molecule has 0 fully saturated rings. The Kier molecular flexibility index (Phi) is 4.04. The first-order valence-electron chi connectivity index (χ1n) is 5.67. The second-order valence-electron chi connectivity index (χ2n) is 4.12. The van der Waals surface area contributed by atoms with E-state index in [9.17, 15) is 18.0 Å². The zero-order valence-corrected chi connectivity index (χ0v) is 11.2. The van der Waals surface area contributed by atoms with Crippen LogP contribution in [0.5, 0.6) is 0 Å². The minimum Gasteiger partial charge on any atom is -0.397 e. The Labute approximate surface area is 122 Å². The summed E-state index contributed by atoms with van der Waals surface area (Å²) in [6.07, 6.45) is -3.20. The maximum atomic E-state index is 12.5. The standard InChI is InChI=1S/C13H9ClF3N3O/c14-9-5-7(13(15,16)17)1-3-10(9)20-12(21)11-4-2-8(18)6-19-11/h1-6H,18H2,(H,20,21). The molecule has 0 unspecified atom stereocenters. The number of nitrogens with two attached hydrogens (primary N) is 1. The summed E-state index contributed by atoms with van der Waals surface area (Å²) in [4.78, 5) is 15.7. The van der Waals surface area contributed by atoms with Crippen LogP contribution in [0.4, 0.5) is 24.5 Å². The molecule has 0 saturated heterocycles. The van der Waals surface area contributed by atoms with Gasteiger partial charge in [-0.05, 0) is 30.3 Å². The number of hydrogen-bond donors (Lipinski definition) is 2. The Morgan fingerprint density at radius 2 is 1.95 bits per heavy atom. The zero-order valence-electron chi connectivity index (χ0n) is 10.4. The number of aromatic nitrogens is 1. The van der Waals surface area contributed by atoms with E-state index in [2.05, 4.69) is 10.3 Å². The lowest BCUT2D eigenvalue weighted by molar-refractivity contribution is -0.137. The molecule has 0 radical (unpaired) electrons. The normalized spacial score (nSPS) is 11.2. The third kappa shape index (κ3) is 3.63. The number of hydrogen-bond acceptors (Lipinski definition) is 3. The fraction of sp³-hybridized carbons (Fsp3) is 0.0769. The molecule has 0 aliphatic heterocycles. The zero-order chi connectivity index (χ0) is 15.6. The molecule has 1 amide bonds. The minimum absolute atomic E-state index is 0.0632. The number of amides is 1. The van der Waals surface area contributed by atoms with Gasteiger partial charge in [-0.25, -0.2) is 4.98 Å². The highest BCUT2D eigenvalue weighted by molar-refractivity contribution is 6.34. The number of halogens is 4. The molecule has 0 spiro atoms. The maximum Gasteiger partial charge on any atom is 0.416 e. The Bertz CT molecular complexity index is 671. The molecule has 4 nitrogen and oxygen atoms in total. The van der Waals surface area contributed by atoms with Gasteiger partial charge in [0.1, 0.15) is 5.69 Å². The van der Waals surface area contributed by atoms with Crippen molar-refractivity contribution in [3.63, 3.8) is 0 Å². The molecule has 3 N–H and O–H groups in total. The predicted octanol–water partition coefficient (Wildman–Crippen LogP) is 3.59. The van der Waals surface area contributed by atoms with Crippen molar-refractivity contribution in [1.29, 1.82) is 0 Å². The average Bonchev–Trinajstić information content (AvgIpc) is 2.40. The highest BCUT2D eigenvalue weighted by Gasteiger charge is 2.31. The minimum atomic E-state index is -4.50. The van der Waals surface area contributed by atoms with Crippen LogP contribution >= 0.6 is 11.6 Å². The molecule has 0 aliphatic carbocycles. The maximum absolute atomic E-state index is 12.5. The van der Waals surface area contributed by atoms with Crippen LogP contribution in [-0.2, 0) is 6.18 Å². The SMILES string of the molecule is Nc1ccc(C(=O)Nc2ccc(C(F)(F)F)cc2Cl)nc1. The fourth-order valence-electron chi connectivity index (χ4n) is 1.52. The molecule has 1 heterocycles. The van der Waals surface area contributed by atoms with Gasteiger partial charge >= 0.3 is 6.18 Å². The lowest BCUT2D eigenvalue weighted by Gasteiger charge is -2.10. The van der Waals surface area contributed by atoms with Crippen LogP contribution in [0.3, 0.4) is 0 Å². The number of pyridine rings is 1. The molecular weight excluding hydrogens is 307 g/mol. The summed E-state index contributed by atoms with van der Waals surface area (Å²) in [7, 11) is 0. The largest absolute Gasteiger partial charge is 0.416 e. The van der Waals surface area contributed by atoms with Crippen molar-refractivity contribution < 1.29 is 18.0 Å². The quantitative estimate of drug-likeness (QED) is 0.890. The molecule has 0 aliphatic rings. The van der Waals surface area contributed by atoms with Crippen molar-refractivity contribution in [2.24, 2.45) is 0 Å². The fourth-order valence-corrected chi connectivity index (χ4v) is 1.75. The highest BCUT2D eigenvalue weighted by Crippen LogP contribution is 2.33. The van der Waals surface area contributed by atoms with Gasteiger partial charge in [-0.1, -0.05) is 11.6 Å². The summed E-state index contributed by atoms with van der Waals surface area (Å²) in [6.45, 7) is 0. The number of benzene rings is 1. The lowest BCUT2D eigenvalue weighted by Crippen LogP contribution is -2.14. The first-order valence-corrected chi connectivity index (χ1v) is 6.05. The van der Waals surface area contributed by atoms with Crippen LogP contribution in [0.2, 0.25) is 5.02 Å². The van der Waals surface area contributed by atoms with E-state index in [1.54, 1.807) is 0 Å². The summed E-state index contributed by atoms with van der Waals surface area (Å²) in [5.41, 5.74) is 5.07. The molecule has 0 saturated carbocycles. The number of rotatable bonds is 2. The third-order valence-corrected chi connectivity index (χ3v) is 2.88. The molecule has 1 aromatic heterocycles. The number of carbonyl (C=O) groups is 1. The molecule has 2 aromatic rings. The molecule has 0 atom stereocenters. The Morgan fingerprint density at radius 3 is 2.48 bits per heavy atom. The third-order valence-electron chi connectivity index (χ3n) is 2.56. The second kappa shape index (κ2) is 5.61. The van der Waals surface area contributed by atoms with Gasteiger partial charge in [0.15, 0.2) is 0 Å². The van der Waals surface area contributed by atoms with Crippen LogP contribution in [0, 0.1) is 0 Å². The van der Waals surface area contributed by atoms with E-state index in [1.807, 2.05) is 0 Å². The lowest BCUT2D eigenvalue weighted by atomic mass is 10.2. The smallest absolute Gasteiger partial charge is 0.397 e. The van der Waals surface area contributed by atoms with Crippen LogP contribution in [0.25, 0.3) is 0 Å². The summed E-state index contributed by atoms with van der Waals surface area (Å²) >= 11 is 5.74. The average molecular weight is 316 g/mol. The van der Waals surface area contributed by atoms with Crippen LogP contribution in [0.1, 0.15) is 16.1 Å². The van der Waals surface area contributed by atoms with Gasteiger partial charge in [-0.15, -0.1) is 0 Å². The second-order valence-corrected chi connectivity index (χ2v) is 4.53. The van der Waals surface area contributed by atoms with Crippen LogP contribution < -0.4 is 11.1 Å². The van der Waals surface area contributed by atoms with Gasteiger partial charge in [0, 0.05) is 0 Å². The van der Waals surface area contributed by atoms with Crippen LogP contribution in [0.15, 0.2) is 36.5 Å². The first-order chi connectivity index (χ1) is 9.77. The topological polar surface area (TPSA) is 68.0 Å². The summed E-state index contributed by atoms with van der Waals surface area (Å²) in [6, 6.07) is 5.53. The van der Waals surface area contributed by atoms with Crippen LogP contribution in [-0.4, -0.2) is 10.9 Å². The molecular formula is C13H9ClF3N3O. The van der Waals surface area contributed by atoms with E-state index in [-0.39, 0.29) is 16.4 Å². The van der Waals surface area contributed by atoms with Gasteiger partial charge in [0.25, 0.3) is 5.91 Å². The van der Waals surface area contributed by atoms with Gasteiger partial charge < -0.3 is 11.1 Å². The number of nitrogen functional groups attached to an aromatic ring is 1. The number of nitrogens with one attached hydrogen (secondary N) is 1. The number of anilines is 2. The molecule has 1 aromatic carbocycles. The van der Waals surface area contributed by atoms with E-state index in [0.717, 1.165) is 18.2 Å². The Balaban J connectivity index is 2.20. The Morgan fingerprint density at radius 1 is 1.24 bits per heavy atom. The van der Waals surface area contributed by atoms with E-state index < -0.39 is 17.6 Å². The van der Waals surface area contributed by atoms with Gasteiger partial charge in [0.05, 0.1) is 28.2 Å². The van der Waals surface area contributed by atoms with Crippen molar-refractivity contribution in [2.75, 3.05) is 11.1 Å². The van der Waals surface area contributed by atoms with E-state index >= 15 is 0 Å². The molecule has 0 bridgehead atoms. The van der Waals surface area contributed by atoms with Crippen molar-refractivity contribution in [3.8, 4) is 0 Å². The first kappa shape index (κ1) is 15.1. The Hall–Kier alpha value is -2.28. The van der Waals surface area contributed by atoms with Crippen molar-refractivity contribution in [2.45, 2.75) is 6.18 Å². The summed E-state index contributed by atoms with van der Waals surface area (Å²) in [5, 5.41) is 2.17. The van der Waals surface area contributed by atoms with E-state index in [1.165, 1.54) is 18.3 Å². The number of carbonyl (C=O) groups excluding carboxylic acids is 1. The monoisotopic (exact) mass is 315 g/mol. The summed E-state index contributed by atoms with van der Waals surface area (Å²) in [5.74, 6) is -0.600. The van der Waals surface area contributed by atoms with Crippen molar-refractivity contribution in [3.05, 3.63) is 52.8 Å². The molecule has 110 valence electrons. The van der Waals surface area contributed by atoms with Gasteiger partial charge in [-0.2, -0.15) is 13.2 Å². The molecule has 21 heavy (non-hydrogen) atoms. The van der Waals surface area contributed by atoms with Crippen molar-refractivity contribution >= 4 is 28.9 Å². The summed E-state index contributed by atoms with van der Waals surface area (Å²) < 4.78 is 37.5. The van der Waals surface area contributed by atoms with E-state index in [0.29, 0.717) is 5.69 Å². The van der Waals surface area contributed by atoms with Crippen molar-refractivity contribution in [1.82, 2.24) is 4.98 Å². The van der Waals surface area contributed by atoms with Gasteiger partial charge in [-0.3, -0.25) is 4.79 Å². The van der Waals surface area contributed by atoms with E-state index in [4.69, 9.17) is 17.3 Å². The van der Waals surface area contributed by atoms with Gasteiger partial charge in [0.2, 0.25) is 0 Å².